The number of hydrogen-bond donors (Lipinski definition) is 1. The van der Waals surface area contributed by atoms with E-state index >= 15 is 0 Å². The fourth-order valence-corrected chi connectivity index (χ4v) is 4.99. The standard InChI is InChI=1S/C24H28FN5OS/c1-4-21-26-15(3)23(32-21)19-13-20(27-18-10-6-9-17(25)12-18)29-24(28-19)16-8-7-11-30(14-16)22(31)5-2/h6,9-10,12-13,16H,4-5,7-8,11,14H2,1-3H3,(H,27,28,29). The van der Waals surface area contributed by atoms with Crippen LogP contribution < -0.4 is 5.32 Å². The van der Waals surface area contributed by atoms with Gasteiger partial charge in [-0.1, -0.05) is 19.9 Å². The SMILES string of the molecule is CCC(=O)N1CCCC(c2nc(Nc3cccc(F)c3)cc(-c3sc(CC)nc3C)n2)C1. The van der Waals surface area contributed by atoms with E-state index in [4.69, 9.17) is 9.97 Å². The number of piperidine rings is 1. The van der Waals surface area contributed by atoms with Crippen LogP contribution in [0, 0.1) is 12.7 Å². The van der Waals surface area contributed by atoms with Crippen LogP contribution in [0.1, 0.15) is 55.6 Å². The van der Waals surface area contributed by atoms with Crippen LogP contribution in [0.15, 0.2) is 30.3 Å². The molecule has 1 unspecified atom stereocenters. The summed E-state index contributed by atoms with van der Waals surface area (Å²) < 4.78 is 13.7. The topological polar surface area (TPSA) is 71.0 Å². The van der Waals surface area contributed by atoms with Crippen LogP contribution in [-0.4, -0.2) is 38.8 Å². The van der Waals surface area contributed by atoms with Gasteiger partial charge in [-0.2, -0.15) is 0 Å². The van der Waals surface area contributed by atoms with Gasteiger partial charge in [0.2, 0.25) is 5.91 Å². The predicted octanol–water partition coefficient (Wildman–Crippen LogP) is 5.47. The molecule has 3 heterocycles. The highest BCUT2D eigenvalue weighted by Gasteiger charge is 2.27. The van der Waals surface area contributed by atoms with Gasteiger partial charge in [-0.15, -0.1) is 11.3 Å². The van der Waals surface area contributed by atoms with E-state index in [0.29, 0.717) is 30.3 Å². The molecular weight excluding hydrogens is 425 g/mol. The molecule has 1 atom stereocenters. The number of hydrogen-bond acceptors (Lipinski definition) is 6. The van der Waals surface area contributed by atoms with E-state index in [-0.39, 0.29) is 17.6 Å². The Bertz CT molecular complexity index is 1120. The Labute approximate surface area is 191 Å². The third-order valence-corrected chi connectivity index (χ3v) is 6.98. The van der Waals surface area contributed by atoms with Crippen molar-refractivity contribution in [2.24, 2.45) is 0 Å². The molecule has 6 nitrogen and oxygen atoms in total. The van der Waals surface area contributed by atoms with Gasteiger partial charge in [0.1, 0.15) is 17.5 Å². The number of rotatable bonds is 6. The quantitative estimate of drug-likeness (QED) is 0.536. The van der Waals surface area contributed by atoms with E-state index in [1.54, 1.807) is 23.5 Å². The van der Waals surface area contributed by atoms with Crippen molar-refractivity contribution < 1.29 is 9.18 Å². The number of aryl methyl sites for hydroxylation is 2. The van der Waals surface area contributed by atoms with Crippen LogP contribution in [-0.2, 0) is 11.2 Å². The first-order chi connectivity index (χ1) is 15.5. The zero-order chi connectivity index (χ0) is 22.7. The summed E-state index contributed by atoms with van der Waals surface area (Å²) in [6, 6.07) is 8.22. The van der Waals surface area contributed by atoms with Gasteiger partial charge in [-0.05, 0) is 44.4 Å². The second-order valence-electron chi connectivity index (χ2n) is 8.04. The molecule has 0 bridgehead atoms. The molecule has 3 aromatic rings. The Kier molecular flexibility index (Phi) is 6.79. The van der Waals surface area contributed by atoms with Gasteiger partial charge in [0.05, 0.1) is 21.3 Å². The summed E-state index contributed by atoms with van der Waals surface area (Å²) in [6.45, 7) is 7.38. The number of nitrogens with one attached hydrogen (secondary N) is 1. The van der Waals surface area contributed by atoms with Gasteiger partial charge < -0.3 is 10.2 Å². The van der Waals surface area contributed by atoms with E-state index in [2.05, 4.69) is 17.2 Å². The maximum absolute atomic E-state index is 13.7. The Morgan fingerprint density at radius 3 is 2.81 bits per heavy atom. The minimum absolute atomic E-state index is 0.0612. The predicted molar refractivity (Wildman–Crippen MR) is 126 cm³/mol. The molecule has 0 aliphatic carbocycles. The van der Waals surface area contributed by atoms with Crippen LogP contribution in [0.5, 0.6) is 0 Å². The number of benzene rings is 1. The number of likely N-dealkylation sites (tertiary alicyclic amines) is 1. The molecule has 8 heteroatoms. The number of anilines is 2. The minimum Gasteiger partial charge on any atom is -0.342 e. The fourth-order valence-electron chi connectivity index (χ4n) is 4.02. The van der Waals surface area contributed by atoms with Crippen LogP contribution in [0.25, 0.3) is 10.6 Å². The Morgan fingerprint density at radius 2 is 2.09 bits per heavy atom. The number of halogens is 1. The summed E-state index contributed by atoms with van der Waals surface area (Å²) >= 11 is 1.64. The van der Waals surface area contributed by atoms with Crippen LogP contribution in [0.4, 0.5) is 15.9 Å². The van der Waals surface area contributed by atoms with Gasteiger partial charge >= 0.3 is 0 Å². The van der Waals surface area contributed by atoms with E-state index in [1.807, 2.05) is 24.8 Å². The molecular formula is C24H28FN5OS. The second kappa shape index (κ2) is 9.73. The molecule has 1 aliphatic rings. The maximum Gasteiger partial charge on any atom is 0.222 e. The molecule has 1 aromatic carbocycles. The van der Waals surface area contributed by atoms with Gasteiger partial charge in [0.25, 0.3) is 0 Å². The molecule has 1 saturated heterocycles. The lowest BCUT2D eigenvalue weighted by molar-refractivity contribution is -0.132. The number of carbonyl (C=O) groups is 1. The Hall–Kier alpha value is -2.87. The lowest BCUT2D eigenvalue weighted by Crippen LogP contribution is -2.39. The minimum atomic E-state index is -0.309. The molecule has 168 valence electrons. The molecule has 1 N–H and O–H groups in total. The summed E-state index contributed by atoms with van der Waals surface area (Å²) in [4.78, 5) is 29.6. The number of nitrogens with zero attached hydrogens (tertiary/aromatic N) is 4. The van der Waals surface area contributed by atoms with Crippen molar-refractivity contribution in [2.75, 3.05) is 18.4 Å². The number of amides is 1. The van der Waals surface area contributed by atoms with Gasteiger partial charge in [-0.25, -0.2) is 19.3 Å². The zero-order valence-electron chi connectivity index (χ0n) is 18.7. The van der Waals surface area contributed by atoms with Crippen LogP contribution in [0.3, 0.4) is 0 Å². The van der Waals surface area contributed by atoms with Gasteiger partial charge in [0, 0.05) is 37.2 Å². The summed E-state index contributed by atoms with van der Waals surface area (Å²) in [5.74, 6) is 1.23. The molecule has 1 amide bonds. The first kappa shape index (κ1) is 22.3. The monoisotopic (exact) mass is 453 g/mol. The molecule has 0 saturated carbocycles. The Balaban J connectivity index is 1.73. The van der Waals surface area contributed by atoms with Gasteiger partial charge in [-0.3, -0.25) is 4.79 Å². The summed E-state index contributed by atoms with van der Waals surface area (Å²) in [6.07, 6.45) is 3.23. The molecule has 32 heavy (non-hydrogen) atoms. The highest BCUT2D eigenvalue weighted by molar-refractivity contribution is 7.15. The molecule has 1 fully saturated rings. The van der Waals surface area contributed by atoms with Crippen LogP contribution >= 0.6 is 11.3 Å². The fraction of sp³-hybridized carbons (Fsp3) is 0.417. The van der Waals surface area contributed by atoms with Crippen molar-refractivity contribution in [3.05, 3.63) is 52.7 Å². The largest absolute Gasteiger partial charge is 0.342 e. The third-order valence-electron chi connectivity index (χ3n) is 5.66. The van der Waals surface area contributed by atoms with Crippen molar-refractivity contribution in [3.8, 4) is 10.6 Å². The van der Waals surface area contributed by atoms with E-state index in [0.717, 1.165) is 47.1 Å². The molecule has 1 aliphatic heterocycles. The molecule has 0 radical (unpaired) electrons. The Morgan fingerprint density at radius 1 is 1.25 bits per heavy atom. The summed E-state index contributed by atoms with van der Waals surface area (Å²) in [5.41, 5.74) is 2.38. The molecule has 0 spiro atoms. The molecule has 2 aromatic heterocycles. The summed E-state index contributed by atoms with van der Waals surface area (Å²) in [5, 5.41) is 4.30. The first-order valence-electron chi connectivity index (χ1n) is 11.1. The highest BCUT2D eigenvalue weighted by atomic mass is 32.1. The smallest absolute Gasteiger partial charge is 0.222 e. The van der Waals surface area contributed by atoms with Crippen molar-refractivity contribution >= 4 is 28.7 Å². The van der Waals surface area contributed by atoms with E-state index in [9.17, 15) is 9.18 Å². The third kappa shape index (κ3) is 4.96. The van der Waals surface area contributed by atoms with E-state index in [1.165, 1.54) is 12.1 Å². The average molecular weight is 454 g/mol. The van der Waals surface area contributed by atoms with Crippen molar-refractivity contribution in [2.45, 2.75) is 52.4 Å². The van der Waals surface area contributed by atoms with Crippen molar-refractivity contribution in [3.63, 3.8) is 0 Å². The van der Waals surface area contributed by atoms with Crippen molar-refractivity contribution in [1.82, 2.24) is 19.9 Å². The van der Waals surface area contributed by atoms with Crippen LogP contribution in [0.2, 0.25) is 0 Å². The number of carbonyl (C=O) groups excluding carboxylic acids is 1. The van der Waals surface area contributed by atoms with E-state index < -0.39 is 0 Å². The lowest BCUT2D eigenvalue weighted by Gasteiger charge is -2.32. The maximum atomic E-state index is 13.7. The zero-order valence-corrected chi connectivity index (χ0v) is 19.5. The first-order valence-corrected chi connectivity index (χ1v) is 11.9. The second-order valence-corrected chi connectivity index (χ2v) is 9.12. The summed E-state index contributed by atoms with van der Waals surface area (Å²) in [7, 11) is 0. The number of aromatic nitrogens is 3. The van der Waals surface area contributed by atoms with Crippen molar-refractivity contribution in [1.29, 1.82) is 0 Å². The van der Waals surface area contributed by atoms with Gasteiger partial charge in [0.15, 0.2) is 0 Å². The number of thiazole rings is 1. The molecule has 4 rings (SSSR count). The normalized spacial score (nSPS) is 16.2. The lowest BCUT2D eigenvalue weighted by atomic mass is 9.96. The highest BCUT2D eigenvalue weighted by Crippen LogP contribution is 2.33. The average Bonchev–Trinajstić information content (AvgIpc) is 3.19.